The van der Waals surface area contributed by atoms with Gasteiger partial charge in [-0.05, 0) is 25.5 Å². The smallest absolute Gasteiger partial charge is 0.326 e. The molecule has 0 radical (unpaired) electrons. The molecule has 0 aliphatic carbocycles. The van der Waals surface area contributed by atoms with Crippen molar-refractivity contribution in [2.45, 2.75) is 26.3 Å². The van der Waals surface area contributed by atoms with Gasteiger partial charge in [-0.1, -0.05) is 17.7 Å². The number of carboxylic acid groups (broad SMARTS) is 1. The number of carbonyl (C=O) groups excluding carboxylic acids is 1. The highest BCUT2D eigenvalue weighted by Gasteiger charge is 2.21. The van der Waals surface area contributed by atoms with Gasteiger partial charge < -0.3 is 15.2 Å². The summed E-state index contributed by atoms with van der Waals surface area (Å²) < 4.78 is 4.84. The lowest BCUT2D eigenvalue weighted by atomic mass is 10.0. The van der Waals surface area contributed by atoms with E-state index in [9.17, 15) is 9.59 Å². The number of methoxy groups -OCH3 is 1. The summed E-state index contributed by atoms with van der Waals surface area (Å²) in [5, 5.41) is 11.6. The Morgan fingerprint density at radius 3 is 2.63 bits per heavy atom. The van der Waals surface area contributed by atoms with E-state index < -0.39 is 12.0 Å². The van der Waals surface area contributed by atoms with Gasteiger partial charge >= 0.3 is 5.97 Å². The molecule has 0 bridgehead atoms. The van der Waals surface area contributed by atoms with E-state index >= 15 is 0 Å². The summed E-state index contributed by atoms with van der Waals surface area (Å²) in [6.07, 6.45) is 0.239. The van der Waals surface area contributed by atoms with E-state index in [-0.39, 0.29) is 18.9 Å². The second-order valence-corrected chi connectivity index (χ2v) is 4.46. The molecule has 0 fully saturated rings. The van der Waals surface area contributed by atoms with Gasteiger partial charge in [0.25, 0.3) is 5.91 Å². The Labute approximate surface area is 112 Å². The Hall–Kier alpha value is -1.88. The van der Waals surface area contributed by atoms with E-state index in [0.717, 1.165) is 11.1 Å². The van der Waals surface area contributed by atoms with Gasteiger partial charge in [0, 0.05) is 25.7 Å². The average molecular weight is 265 g/mol. The summed E-state index contributed by atoms with van der Waals surface area (Å²) in [6, 6.07) is 4.56. The maximum Gasteiger partial charge on any atom is 0.326 e. The first-order chi connectivity index (χ1) is 8.95. The van der Waals surface area contributed by atoms with Crippen molar-refractivity contribution in [2.75, 3.05) is 13.7 Å². The van der Waals surface area contributed by atoms with Gasteiger partial charge in [0.2, 0.25) is 0 Å². The van der Waals surface area contributed by atoms with Crippen molar-refractivity contribution in [3.05, 3.63) is 34.9 Å². The van der Waals surface area contributed by atoms with Crippen molar-refractivity contribution in [3.8, 4) is 0 Å². The molecule has 1 atom stereocenters. The van der Waals surface area contributed by atoms with Gasteiger partial charge in [0.15, 0.2) is 0 Å². The van der Waals surface area contributed by atoms with Crippen LogP contribution in [0.1, 0.15) is 27.9 Å². The van der Waals surface area contributed by atoms with Crippen molar-refractivity contribution in [2.24, 2.45) is 0 Å². The zero-order valence-electron chi connectivity index (χ0n) is 11.4. The predicted molar refractivity (Wildman–Crippen MR) is 71.3 cm³/mol. The third-order valence-electron chi connectivity index (χ3n) is 2.85. The average Bonchev–Trinajstić information content (AvgIpc) is 2.36. The maximum absolute atomic E-state index is 12.1. The van der Waals surface area contributed by atoms with Crippen molar-refractivity contribution >= 4 is 11.9 Å². The number of benzene rings is 1. The van der Waals surface area contributed by atoms with Gasteiger partial charge in [-0.2, -0.15) is 0 Å². The van der Waals surface area contributed by atoms with Gasteiger partial charge in [-0.25, -0.2) is 4.79 Å². The summed E-state index contributed by atoms with van der Waals surface area (Å²) in [5.41, 5.74) is 2.28. The van der Waals surface area contributed by atoms with Crippen LogP contribution in [0.3, 0.4) is 0 Å². The van der Waals surface area contributed by atoms with Crippen LogP contribution in [0.25, 0.3) is 0 Å². The molecule has 2 N–H and O–H groups in total. The van der Waals surface area contributed by atoms with Crippen LogP contribution < -0.4 is 5.32 Å². The van der Waals surface area contributed by atoms with Gasteiger partial charge in [-0.3, -0.25) is 4.79 Å². The molecule has 104 valence electrons. The molecule has 1 aromatic rings. The van der Waals surface area contributed by atoms with E-state index in [1.807, 2.05) is 26.0 Å². The normalized spacial score (nSPS) is 11.9. The molecule has 0 saturated carbocycles. The number of amides is 1. The highest BCUT2D eigenvalue weighted by Crippen LogP contribution is 2.11. The van der Waals surface area contributed by atoms with Crippen LogP contribution in [-0.2, 0) is 9.53 Å². The van der Waals surface area contributed by atoms with Gasteiger partial charge in [0.1, 0.15) is 6.04 Å². The largest absolute Gasteiger partial charge is 0.480 e. The minimum absolute atomic E-state index is 0.239. The lowest BCUT2D eigenvalue weighted by molar-refractivity contribution is -0.139. The molecular formula is C14H19NO4. The molecule has 1 unspecified atom stereocenters. The molecule has 0 aromatic heterocycles. The highest BCUT2D eigenvalue weighted by molar-refractivity contribution is 5.97. The summed E-state index contributed by atoms with van der Waals surface area (Å²) in [5.74, 6) is -1.43. The molecule has 5 nitrogen and oxygen atoms in total. The van der Waals surface area contributed by atoms with E-state index in [1.165, 1.54) is 7.11 Å². The molecule has 0 saturated heterocycles. The maximum atomic E-state index is 12.1. The number of aliphatic carboxylic acids is 1. The van der Waals surface area contributed by atoms with E-state index in [1.54, 1.807) is 6.07 Å². The molecule has 0 aliphatic heterocycles. The Morgan fingerprint density at radius 2 is 2.05 bits per heavy atom. The summed E-state index contributed by atoms with van der Waals surface area (Å²) in [6.45, 7) is 3.99. The molecule has 0 heterocycles. The van der Waals surface area contributed by atoms with E-state index in [2.05, 4.69) is 5.32 Å². The lowest BCUT2D eigenvalue weighted by Gasteiger charge is -2.15. The second-order valence-electron chi connectivity index (χ2n) is 4.46. The zero-order chi connectivity index (χ0) is 14.4. The first-order valence-electron chi connectivity index (χ1n) is 6.05. The topological polar surface area (TPSA) is 75.6 Å². The third-order valence-corrected chi connectivity index (χ3v) is 2.85. The number of aryl methyl sites for hydroxylation is 2. The number of carbonyl (C=O) groups is 2. The number of carboxylic acids is 1. The van der Waals surface area contributed by atoms with E-state index in [4.69, 9.17) is 9.84 Å². The van der Waals surface area contributed by atoms with Crippen molar-refractivity contribution < 1.29 is 19.4 Å². The van der Waals surface area contributed by atoms with Crippen LogP contribution in [0.4, 0.5) is 0 Å². The summed E-state index contributed by atoms with van der Waals surface area (Å²) in [7, 11) is 1.49. The predicted octanol–water partition coefficient (Wildman–Crippen LogP) is 1.52. The monoisotopic (exact) mass is 265 g/mol. The van der Waals surface area contributed by atoms with Gasteiger partial charge in [-0.15, -0.1) is 0 Å². The lowest BCUT2D eigenvalue weighted by Crippen LogP contribution is -2.41. The van der Waals surface area contributed by atoms with Crippen molar-refractivity contribution in [1.29, 1.82) is 0 Å². The minimum Gasteiger partial charge on any atom is -0.480 e. The first kappa shape index (κ1) is 15.2. The molecule has 1 amide bonds. The molecule has 1 rings (SSSR count). The van der Waals surface area contributed by atoms with Crippen LogP contribution in [0.15, 0.2) is 18.2 Å². The zero-order valence-corrected chi connectivity index (χ0v) is 11.4. The fourth-order valence-electron chi connectivity index (χ4n) is 1.71. The molecule has 5 heteroatoms. The van der Waals surface area contributed by atoms with Crippen LogP contribution in [0.5, 0.6) is 0 Å². The van der Waals surface area contributed by atoms with Crippen LogP contribution in [0, 0.1) is 13.8 Å². The van der Waals surface area contributed by atoms with Gasteiger partial charge in [0.05, 0.1) is 0 Å². The number of hydrogen-bond donors (Lipinski definition) is 2. The fourth-order valence-corrected chi connectivity index (χ4v) is 1.71. The van der Waals surface area contributed by atoms with Crippen LogP contribution >= 0.6 is 0 Å². The molecular weight excluding hydrogens is 246 g/mol. The first-order valence-corrected chi connectivity index (χ1v) is 6.05. The number of ether oxygens (including phenoxy) is 1. The number of rotatable bonds is 6. The molecule has 19 heavy (non-hydrogen) atoms. The molecule has 0 aliphatic rings. The Bertz CT molecular complexity index is 471. The van der Waals surface area contributed by atoms with Crippen LogP contribution in [-0.4, -0.2) is 36.7 Å². The Kier molecular flexibility index (Phi) is 5.51. The Morgan fingerprint density at radius 1 is 1.37 bits per heavy atom. The second kappa shape index (κ2) is 6.89. The van der Waals surface area contributed by atoms with Crippen LogP contribution in [0.2, 0.25) is 0 Å². The third kappa shape index (κ3) is 4.37. The van der Waals surface area contributed by atoms with Crippen molar-refractivity contribution in [3.63, 3.8) is 0 Å². The summed E-state index contributed by atoms with van der Waals surface area (Å²) in [4.78, 5) is 23.1. The fraction of sp³-hybridized carbons (Fsp3) is 0.429. The quantitative estimate of drug-likeness (QED) is 0.817. The number of nitrogens with one attached hydrogen (secondary N) is 1. The molecule has 0 spiro atoms. The van der Waals surface area contributed by atoms with E-state index in [0.29, 0.717) is 5.56 Å². The van der Waals surface area contributed by atoms with Crippen molar-refractivity contribution in [1.82, 2.24) is 5.32 Å². The SMILES string of the molecule is COCCC(NC(=O)c1cc(C)ccc1C)C(=O)O. The standard InChI is InChI=1S/C14H19NO4/c1-9-4-5-10(2)11(8-9)13(16)15-12(14(17)18)6-7-19-3/h4-5,8,12H,6-7H2,1-3H3,(H,15,16)(H,17,18). The minimum atomic E-state index is -1.06. The number of hydrogen-bond acceptors (Lipinski definition) is 3. The highest BCUT2D eigenvalue weighted by atomic mass is 16.5. The molecule has 1 aromatic carbocycles. The Balaban J connectivity index is 2.81. The summed E-state index contributed by atoms with van der Waals surface area (Å²) >= 11 is 0.